The zero-order chi connectivity index (χ0) is 21.2. The monoisotopic (exact) mass is 411 g/mol. The molecule has 1 saturated carbocycles. The molecule has 0 aliphatic heterocycles. The summed E-state index contributed by atoms with van der Waals surface area (Å²) in [5, 5.41) is 13.4. The summed E-state index contributed by atoms with van der Waals surface area (Å²) in [5.74, 6) is 0.594. The van der Waals surface area contributed by atoms with E-state index in [1.165, 1.54) is 11.1 Å². The number of carbonyl (C=O) groups is 2. The lowest BCUT2D eigenvalue weighted by Gasteiger charge is -2.16. The Morgan fingerprint density at radius 1 is 1.03 bits per heavy atom. The molecule has 2 aliphatic carbocycles. The molecule has 2 aliphatic rings. The van der Waals surface area contributed by atoms with Crippen LogP contribution in [0.2, 0.25) is 0 Å². The third kappa shape index (κ3) is 8.06. The van der Waals surface area contributed by atoms with E-state index in [4.69, 9.17) is 0 Å². The van der Waals surface area contributed by atoms with E-state index < -0.39 is 0 Å². The molecule has 30 heavy (non-hydrogen) atoms. The Labute approximate surface area is 181 Å². The normalized spacial score (nSPS) is 19.6. The van der Waals surface area contributed by atoms with Gasteiger partial charge in [0.15, 0.2) is 0 Å². The molecule has 0 spiro atoms. The Morgan fingerprint density at radius 3 is 2.53 bits per heavy atom. The molecule has 0 unspecified atom stereocenters. The van der Waals surface area contributed by atoms with Gasteiger partial charge in [0.25, 0.3) is 0 Å². The lowest BCUT2D eigenvalue weighted by Crippen LogP contribution is -2.24. The molecule has 1 amide bonds. The van der Waals surface area contributed by atoms with Gasteiger partial charge in [-0.3, -0.25) is 9.59 Å². The van der Waals surface area contributed by atoms with Crippen LogP contribution in [0, 0.1) is 5.92 Å². The van der Waals surface area contributed by atoms with Crippen LogP contribution < -0.4 is 5.32 Å². The third-order valence-electron chi connectivity index (χ3n) is 6.37. The molecule has 0 radical (unpaired) electrons. The minimum Gasteiger partial charge on any atom is -0.393 e. The molecule has 2 atom stereocenters. The summed E-state index contributed by atoms with van der Waals surface area (Å²) < 4.78 is 0. The van der Waals surface area contributed by atoms with Gasteiger partial charge in [0.2, 0.25) is 5.91 Å². The Morgan fingerprint density at radius 2 is 1.77 bits per heavy atom. The van der Waals surface area contributed by atoms with Crippen molar-refractivity contribution in [2.24, 2.45) is 5.92 Å². The molecular formula is C26H37NO3. The van der Waals surface area contributed by atoms with Crippen molar-refractivity contribution in [3.63, 3.8) is 0 Å². The van der Waals surface area contributed by atoms with E-state index in [0.29, 0.717) is 24.7 Å². The molecule has 1 aromatic rings. The van der Waals surface area contributed by atoms with Crippen LogP contribution in [0.25, 0.3) is 0 Å². The number of aryl methyl sites for hydroxylation is 1. The molecule has 4 nitrogen and oxygen atoms in total. The second kappa shape index (κ2) is 12.0. The van der Waals surface area contributed by atoms with Gasteiger partial charge in [0.1, 0.15) is 5.78 Å². The lowest BCUT2D eigenvalue weighted by molar-refractivity contribution is -0.121. The van der Waals surface area contributed by atoms with Gasteiger partial charge >= 0.3 is 0 Å². The van der Waals surface area contributed by atoms with E-state index in [2.05, 4.69) is 23.5 Å². The molecule has 3 rings (SSSR count). The molecule has 0 aromatic heterocycles. The number of amides is 1. The van der Waals surface area contributed by atoms with Crippen molar-refractivity contribution in [3.05, 3.63) is 47.5 Å². The average molecular weight is 412 g/mol. The van der Waals surface area contributed by atoms with Crippen molar-refractivity contribution in [2.75, 3.05) is 0 Å². The first-order valence-corrected chi connectivity index (χ1v) is 11.8. The van der Waals surface area contributed by atoms with Gasteiger partial charge in [-0.2, -0.15) is 0 Å². The SMILES string of the molecule is O=C(CCCCCC[C@H]1C(=O)CC=C1CC[C@@H](O)CCc1ccccc1)NC1CC1. The predicted octanol–water partition coefficient (Wildman–Crippen LogP) is 4.89. The maximum Gasteiger partial charge on any atom is 0.220 e. The van der Waals surface area contributed by atoms with Crippen LogP contribution in [0.4, 0.5) is 0 Å². The second-order valence-electron chi connectivity index (χ2n) is 9.01. The fourth-order valence-corrected chi connectivity index (χ4v) is 4.32. The van der Waals surface area contributed by atoms with Crippen LogP contribution in [-0.4, -0.2) is 28.9 Å². The van der Waals surface area contributed by atoms with Crippen molar-refractivity contribution in [1.82, 2.24) is 5.32 Å². The Bertz CT molecular complexity index is 708. The topological polar surface area (TPSA) is 66.4 Å². The van der Waals surface area contributed by atoms with Crippen molar-refractivity contribution in [1.29, 1.82) is 0 Å². The molecule has 2 N–H and O–H groups in total. The Kier molecular flexibility index (Phi) is 9.13. The first-order valence-electron chi connectivity index (χ1n) is 11.8. The van der Waals surface area contributed by atoms with Crippen LogP contribution in [0.5, 0.6) is 0 Å². The Balaban J connectivity index is 1.27. The van der Waals surface area contributed by atoms with Gasteiger partial charge in [-0.25, -0.2) is 0 Å². The van der Waals surface area contributed by atoms with Gasteiger partial charge in [-0.15, -0.1) is 0 Å². The van der Waals surface area contributed by atoms with Gasteiger partial charge < -0.3 is 10.4 Å². The van der Waals surface area contributed by atoms with E-state index in [0.717, 1.165) is 70.6 Å². The number of rotatable bonds is 14. The fourth-order valence-electron chi connectivity index (χ4n) is 4.32. The number of hydrogen-bond acceptors (Lipinski definition) is 3. The van der Waals surface area contributed by atoms with E-state index in [1.807, 2.05) is 18.2 Å². The summed E-state index contributed by atoms with van der Waals surface area (Å²) >= 11 is 0. The molecule has 0 saturated heterocycles. The Hall–Kier alpha value is -1.94. The van der Waals surface area contributed by atoms with E-state index in [9.17, 15) is 14.7 Å². The van der Waals surface area contributed by atoms with Crippen molar-refractivity contribution in [3.8, 4) is 0 Å². The minimum absolute atomic E-state index is 0.0597. The van der Waals surface area contributed by atoms with E-state index in [-0.39, 0.29) is 17.9 Å². The van der Waals surface area contributed by atoms with Crippen LogP contribution >= 0.6 is 0 Å². The summed E-state index contributed by atoms with van der Waals surface area (Å²) in [6.07, 6.45) is 13.5. The second-order valence-corrected chi connectivity index (χ2v) is 9.01. The van der Waals surface area contributed by atoms with Crippen molar-refractivity contribution in [2.45, 2.75) is 95.6 Å². The fraction of sp³-hybridized carbons (Fsp3) is 0.615. The molecule has 164 valence electrons. The number of benzene rings is 1. The number of nitrogens with one attached hydrogen (secondary N) is 1. The van der Waals surface area contributed by atoms with Crippen molar-refractivity contribution >= 4 is 11.7 Å². The summed E-state index contributed by atoms with van der Waals surface area (Å²) in [7, 11) is 0. The lowest BCUT2D eigenvalue weighted by atomic mass is 9.90. The van der Waals surface area contributed by atoms with Crippen LogP contribution in [0.3, 0.4) is 0 Å². The standard InChI is InChI=1S/C26H37NO3/c28-23(17-12-20-8-4-3-5-9-20)18-13-21-14-19-25(29)24(21)10-6-1-2-7-11-26(30)27-22-15-16-22/h3-5,8-9,14,22-24,28H,1-2,6-7,10-13,15-19H2,(H,27,30)/t23-,24+/m0/s1. The van der Waals surface area contributed by atoms with Gasteiger partial charge in [0.05, 0.1) is 6.10 Å². The number of aliphatic hydroxyl groups is 1. The van der Waals surface area contributed by atoms with E-state index >= 15 is 0 Å². The number of allylic oxidation sites excluding steroid dienone is 2. The summed E-state index contributed by atoms with van der Waals surface area (Å²) in [6.45, 7) is 0. The summed E-state index contributed by atoms with van der Waals surface area (Å²) in [6, 6.07) is 10.7. The molecule has 4 heteroatoms. The highest BCUT2D eigenvalue weighted by Gasteiger charge is 2.27. The number of Topliss-reactive ketones (excluding diaryl/α,β-unsaturated/α-hetero) is 1. The highest BCUT2D eigenvalue weighted by atomic mass is 16.3. The highest BCUT2D eigenvalue weighted by molar-refractivity contribution is 5.88. The third-order valence-corrected chi connectivity index (χ3v) is 6.37. The summed E-state index contributed by atoms with van der Waals surface area (Å²) in [4.78, 5) is 24.0. The first kappa shape index (κ1) is 22.7. The number of aliphatic hydroxyl groups excluding tert-OH is 1. The first-order chi connectivity index (χ1) is 14.6. The number of hydrogen-bond donors (Lipinski definition) is 2. The van der Waals surface area contributed by atoms with Gasteiger partial charge in [-0.05, 0) is 56.9 Å². The van der Waals surface area contributed by atoms with Crippen LogP contribution in [-0.2, 0) is 16.0 Å². The molecule has 1 fully saturated rings. The highest BCUT2D eigenvalue weighted by Crippen LogP contribution is 2.31. The number of unbranched alkanes of at least 4 members (excludes halogenated alkanes) is 3. The van der Waals surface area contributed by atoms with Crippen molar-refractivity contribution < 1.29 is 14.7 Å². The molecular weight excluding hydrogens is 374 g/mol. The predicted molar refractivity (Wildman–Crippen MR) is 120 cm³/mol. The minimum atomic E-state index is -0.316. The quantitative estimate of drug-likeness (QED) is 0.338. The summed E-state index contributed by atoms with van der Waals surface area (Å²) in [5.41, 5.74) is 2.50. The van der Waals surface area contributed by atoms with Crippen LogP contribution in [0.15, 0.2) is 42.0 Å². The number of ketones is 1. The maximum absolute atomic E-state index is 12.3. The van der Waals surface area contributed by atoms with E-state index in [1.54, 1.807) is 0 Å². The smallest absolute Gasteiger partial charge is 0.220 e. The maximum atomic E-state index is 12.3. The number of carbonyl (C=O) groups excluding carboxylic acids is 2. The molecule has 0 heterocycles. The van der Waals surface area contributed by atoms with Gasteiger partial charge in [0, 0.05) is 24.8 Å². The van der Waals surface area contributed by atoms with Crippen LogP contribution in [0.1, 0.15) is 82.6 Å². The molecule has 0 bridgehead atoms. The zero-order valence-corrected chi connectivity index (χ0v) is 18.2. The zero-order valence-electron chi connectivity index (χ0n) is 18.2. The molecule has 1 aromatic carbocycles. The largest absolute Gasteiger partial charge is 0.393 e. The average Bonchev–Trinajstić information content (AvgIpc) is 3.50. The van der Waals surface area contributed by atoms with Gasteiger partial charge in [-0.1, -0.05) is 61.2 Å².